The van der Waals surface area contributed by atoms with Gasteiger partial charge in [-0.1, -0.05) is 38.2 Å². The summed E-state index contributed by atoms with van der Waals surface area (Å²) in [5.74, 6) is 0.0686. The van der Waals surface area contributed by atoms with Crippen LogP contribution in [0.25, 0.3) is 0 Å². The Labute approximate surface area is 164 Å². The molecule has 0 aromatic carbocycles. The van der Waals surface area contributed by atoms with Crippen LogP contribution in [0.4, 0.5) is 0 Å². The van der Waals surface area contributed by atoms with Gasteiger partial charge >= 0.3 is 0 Å². The fourth-order valence-electron chi connectivity index (χ4n) is 2.99. The molecule has 0 saturated heterocycles. The lowest BCUT2D eigenvalue weighted by Crippen LogP contribution is -2.33. The molecule has 1 aliphatic carbocycles. The number of nitrogens with one attached hydrogen (secondary N) is 1. The molecule has 3 heteroatoms. The number of hydrogen-bond acceptors (Lipinski definition) is 3. The zero-order valence-electron chi connectivity index (χ0n) is 17.6. The zero-order chi connectivity index (χ0) is 20.4. The molecule has 0 aromatic rings. The minimum absolute atomic E-state index is 0.0686. The van der Waals surface area contributed by atoms with Crippen molar-refractivity contribution in [3.63, 3.8) is 0 Å². The molecular formula is C24H34N2O. The summed E-state index contributed by atoms with van der Waals surface area (Å²) in [5, 5.41) is 3.38. The molecule has 0 saturated carbocycles. The topological polar surface area (TPSA) is 55.1 Å². The number of carbonyl (C=O) groups excluding carboxylic acids is 1. The fraction of sp³-hybridized carbons (Fsp3) is 0.417. The monoisotopic (exact) mass is 366 g/mol. The number of ketones is 1. The van der Waals surface area contributed by atoms with Gasteiger partial charge in [0.25, 0.3) is 0 Å². The molecule has 0 fully saturated rings. The highest BCUT2D eigenvalue weighted by Gasteiger charge is 2.20. The van der Waals surface area contributed by atoms with Gasteiger partial charge in [-0.15, -0.1) is 5.73 Å². The Balaban J connectivity index is 0.00000176. The molecule has 1 heterocycles. The number of rotatable bonds is 6. The molecule has 27 heavy (non-hydrogen) atoms. The van der Waals surface area contributed by atoms with E-state index in [4.69, 9.17) is 5.73 Å². The van der Waals surface area contributed by atoms with E-state index in [1.165, 1.54) is 16.7 Å². The highest BCUT2D eigenvalue weighted by molar-refractivity contribution is 5.96. The first-order valence-corrected chi connectivity index (χ1v) is 9.71. The summed E-state index contributed by atoms with van der Waals surface area (Å²) >= 11 is 0. The van der Waals surface area contributed by atoms with Crippen LogP contribution in [0.15, 0.2) is 76.3 Å². The van der Waals surface area contributed by atoms with Crippen LogP contribution < -0.4 is 11.1 Å². The molecule has 0 radical (unpaired) electrons. The Morgan fingerprint density at radius 2 is 2.04 bits per heavy atom. The van der Waals surface area contributed by atoms with Crippen molar-refractivity contribution >= 4 is 5.78 Å². The predicted octanol–water partition coefficient (Wildman–Crippen LogP) is 5.06. The quantitative estimate of drug-likeness (QED) is 0.646. The second-order valence-electron chi connectivity index (χ2n) is 7.26. The van der Waals surface area contributed by atoms with Gasteiger partial charge in [-0.25, -0.2) is 0 Å². The summed E-state index contributed by atoms with van der Waals surface area (Å²) in [6, 6.07) is 0. The third-order valence-corrected chi connectivity index (χ3v) is 4.10. The molecule has 0 unspecified atom stereocenters. The molecule has 0 spiro atoms. The van der Waals surface area contributed by atoms with E-state index in [0.717, 1.165) is 25.0 Å². The lowest BCUT2D eigenvalue weighted by atomic mass is 9.86. The third-order valence-electron chi connectivity index (χ3n) is 4.10. The first kappa shape index (κ1) is 22.7. The van der Waals surface area contributed by atoms with Gasteiger partial charge in [0, 0.05) is 30.3 Å². The molecule has 3 nitrogen and oxygen atoms in total. The summed E-state index contributed by atoms with van der Waals surface area (Å²) in [6.07, 6.45) is 15.4. The van der Waals surface area contributed by atoms with Gasteiger partial charge in [0.05, 0.1) is 0 Å². The van der Waals surface area contributed by atoms with Crippen LogP contribution in [0.5, 0.6) is 0 Å². The van der Waals surface area contributed by atoms with E-state index in [0.29, 0.717) is 5.57 Å². The van der Waals surface area contributed by atoms with Crippen LogP contribution in [-0.2, 0) is 4.79 Å². The van der Waals surface area contributed by atoms with Gasteiger partial charge in [-0.2, -0.15) is 0 Å². The Kier molecular flexibility index (Phi) is 9.00. The van der Waals surface area contributed by atoms with E-state index in [9.17, 15) is 4.79 Å². The van der Waals surface area contributed by atoms with Crippen molar-refractivity contribution in [2.45, 2.75) is 59.9 Å². The van der Waals surface area contributed by atoms with Crippen molar-refractivity contribution in [2.24, 2.45) is 5.73 Å². The second-order valence-corrected chi connectivity index (χ2v) is 7.26. The maximum atomic E-state index is 11.5. The Hall–Kier alpha value is -2.35. The van der Waals surface area contributed by atoms with Gasteiger partial charge in [0.15, 0.2) is 5.78 Å². The lowest BCUT2D eigenvalue weighted by Gasteiger charge is -2.26. The van der Waals surface area contributed by atoms with E-state index in [1.807, 2.05) is 58.9 Å². The summed E-state index contributed by atoms with van der Waals surface area (Å²) < 4.78 is 0. The van der Waals surface area contributed by atoms with Gasteiger partial charge in [0.1, 0.15) is 0 Å². The van der Waals surface area contributed by atoms with Gasteiger partial charge in [-0.05, 0) is 68.6 Å². The van der Waals surface area contributed by atoms with Crippen LogP contribution in [0.3, 0.4) is 0 Å². The molecule has 2 rings (SSSR count). The van der Waals surface area contributed by atoms with Crippen molar-refractivity contribution in [2.75, 3.05) is 6.54 Å². The highest BCUT2D eigenvalue weighted by atomic mass is 16.1. The Bertz CT molecular complexity index is 759. The van der Waals surface area contributed by atoms with Crippen LogP contribution in [-0.4, -0.2) is 17.9 Å². The van der Waals surface area contributed by atoms with Crippen molar-refractivity contribution in [3.8, 4) is 0 Å². The first-order chi connectivity index (χ1) is 12.8. The molecule has 0 aromatic heterocycles. The maximum Gasteiger partial charge on any atom is 0.159 e. The Morgan fingerprint density at radius 3 is 2.63 bits per heavy atom. The van der Waals surface area contributed by atoms with Crippen LogP contribution in [0.1, 0.15) is 54.4 Å². The number of allylic oxidation sites excluding steroid dienone is 8. The summed E-state index contributed by atoms with van der Waals surface area (Å²) in [4.78, 5) is 11.5. The summed E-state index contributed by atoms with van der Waals surface area (Å²) in [5.41, 5.74) is 14.8. The zero-order valence-corrected chi connectivity index (χ0v) is 17.6. The summed E-state index contributed by atoms with van der Waals surface area (Å²) in [7, 11) is 0. The van der Waals surface area contributed by atoms with E-state index < -0.39 is 0 Å². The molecule has 0 bridgehead atoms. The average Bonchev–Trinajstić information content (AvgIpc) is 2.84. The highest BCUT2D eigenvalue weighted by Crippen LogP contribution is 2.29. The first-order valence-electron chi connectivity index (χ1n) is 9.71. The predicted molar refractivity (Wildman–Crippen MR) is 116 cm³/mol. The van der Waals surface area contributed by atoms with E-state index in [-0.39, 0.29) is 11.3 Å². The molecule has 1 aliphatic heterocycles. The van der Waals surface area contributed by atoms with Gasteiger partial charge in [0.2, 0.25) is 0 Å². The molecule has 146 valence electrons. The van der Waals surface area contributed by atoms with Crippen molar-refractivity contribution < 1.29 is 4.79 Å². The number of carbonyl (C=O) groups is 1. The number of nitrogens with two attached hydrogens (primary N) is 1. The molecule has 0 amide bonds. The number of Topliss-reactive ketones (excluding diaryl/α,β-unsaturated/α-hetero) is 1. The number of hydrogen-bond donors (Lipinski definition) is 2. The smallest absolute Gasteiger partial charge is 0.159 e. The molecular weight excluding hydrogens is 332 g/mol. The maximum absolute atomic E-state index is 11.5. The third kappa shape index (κ3) is 7.42. The molecule has 2 aliphatic rings. The minimum Gasteiger partial charge on any atom is -0.387 e. The van der Waals surface area contributed by atoms with E-state index in [2.05, 4.69) is 29.4 Å². The molecule has 3 N–H and O–H groups in total. The Morgan fingerprint density at radius 1 is 1.33 bits per heavy atom. The summed E-state index contributed by atoms with van der Waals surface area (Å²) in [6.45, 7) is 12.5. The average molecular weight is 367 g/mol. The van der Waals surface area contributed by atoms with E-state index >= 15 is 0 Å². The van der Waals surface area contributed by atoms with Crippen LogP contribution in [0, 0.1) is 0 Å². The SMILES string of the molecule is C/C=C\C1=C(CC2=C=CC=C(C(C)=O)C=C2)CNC=C1CC(C)(C)N.CC. The standard InChI is InChI=1S/C22H28N2O.C2H6/c1-5-7-21-19(14-24-15-20(21)13-22(3,4)23)12-17-8-6-9-18(11-10-17)16(2)25;1-2/h5-7,9-11,15,24H,12-14,23H2,1-4H3;1-2H3/b7-5-;. The minimum atomic E-state index is -0.259. The van der Waals surface area contributed by atoms with Crippen LogP contribution >= 0.6 is 0 Å². The van der Waals surface area contributed by atoms with Crippen molar-refractivity contribution in [3.05, 3.63) is 76.3 Å². The van der Waals surface area contributed by atoms with Crippen molar-refractivity contribution in [1.29, 1.82) is 0 Å². The van der Waals surface area contributed by atoms with Gasteiger partial charge in [-0.3, -0.25) is 4.79 Å². The normalized spacial score (nSPS) is 16.8. The number of dihydropyridines is 1. The largest absolute Gasteiger partial charge is 0.387 e. The van der Waals surface area contributed by atoms with E-state index in [1.54, 1.807) is 6.92 Å². The fourth-order valence-corrected chi connectivity index (χ4v) is 2.99. The van der Waals surface area contributed by atoms with Crippen molar-refractivity contribution in [1.82, 2.24) is 5.32 Å². The van der Waals surface area contributed by atoms with Crippen LogP contribution in [0.2, 0.25) is 0 Å². The van der Waals surface area contributed by atoms with Gasteiger partial charge < -0.3 is 11.1 Å². The second kappa shape index (κ2) is 10.7. The molecule has 0 atom stereocenters. The lowest BCUT2D eigenvalue weighted by molar-refractivity contribution is -0.113.